The van der Waals surface area contributed by atoms with Crippen LogP contribution in [0, 0.1) is 0 Å². The van der Waals surface area contributed by atoms with E-state index in [2.05, 4.69) is 4.74 Å². The maximum absolute atomic E-state index is 12.9. The third kappa shape index (κ3) is 4.03. The van der Waals surface area contributed by atoms with Gasteiger partial charge in [-0.15, -0.1) is 24.8 Å². The molecule has 2 nitrogen and oxygen atoms in total. The van der Waals surface area contributed by atoms with E-state index in [-0.39, 0.29) is 0 Å². The molecule has 9 heteroatoms. The Hall–Kier alpha value is -1.44. The molecule has 1 aromatic rings. The predicted octanol–water partition coefficient (Wildman–Crippen LogP) is 4.47. The molecule has 0 aliphatic carbocycles. The lowest BCUT2D eigenvalue weighted by atomic mass is 10.0. The molecule has 1 aromatic carbocycles. The number of carbonyl (C=O) groups is 1. The second-order valence-corrected chi connectivity index (χ2v) is 4.18. The molecule has 0 aliphatic heterocycles. The van der Waals surface area contributed by atoms with Crippen LogP contribution in [0.5, 0.6) is 5.75 Å². The zero-order valence-corrected chi connectivity index (χ0v) is 10.5. The molecule has 0 heterocycles. The molecule has 1 rings (SSSR count). The summed E-state index contributed by atoms with van der Waals surface area (Å²) in [6, 6.07) is 2.22. The molecular weight excluding hydrogens is 314 g/mol. The zero-order chi connectivity index (χ0) is 15.7. The fourth-order valence-corrected chi connectivity index (χ4v) is 1.67. The monoisotopic (exact) mass is 320 g/mol. The topological polar surface area (TPSA) is 26.3 Å². The minimum absolute atomic E-state index is 0.504. The third-order valence-corrected chi connectivity index (χ3v) is 2.74. The first-order valence-corrected chi connectivity index (χ1v) is 5.47. The number of alkyl halides is 7. The van der Waals surface area contributed by atoms with Crippen molar-refractivity contribution in [1.82, 2.24) is 0 Å². The van der Waals surface area contributed by atoms with Crippen LogP contribution in [-0.4, -0.2) is 12.1 Å². The van der Waals surface area contributed by atoms with Crippen LogP contribution in [0.3, 0.4) is 0 Å². The predicted molar refractivity (Wildman–Crippen MR) is 57.4 cm³/mol. The summed E-state index contributed by atoms with van der Waals surface area (Å²) in [6.07, 6.45) is -10.4. The first-order valence-electron chi connectivity index (χ1n) is 5.04. The summed E-state index contributed by atoms with van der Waals surface area (Å²) in [5, 5.41) is -1.72. The number of hydrogen-bond donors (Lipinski definition) is 0. The molecule has 20 heavy (non-hydrogen) atoms. The Labute approximate surface area is 114 Å². The molecule has 0 radical (unpaired) electrons. The number of ketones is 1. The molecule has 112 valence electrons. The highest BCUT2D eigenvalue weighted by molar-refractivity contribution is 6.31. The molecule has 0 fully saturated rings. The summed E-state index contributed by atoms with van der Waals surface area (Å²) >= 11 is 5.51. The Bertz CT molecular complexity index is 509. The molecule has 0 saturated heterocycles. The first kappa shape index (κ1) is 16.6. The van der Waals surface area contributed by atoms with Gasteiger partial charge in [0.15, 0.2) is 5.78 Å². The fourth-order valence-electron chi connectivity index (χ4n) is 1.49. The van der Waals surface area contributed by atoms with Crippen molar-refractivity contribution >= 4 is 17.4 Å². The summed E-state index contributed by atoms with van der Waals surface area (Å²) in [5.74, 6) is -2.28. The van der Waals surface area contributed by atoms with E-state index in [1.54, 1.807) is 0 Å². The third-order valence-electron chi connectivity index (χ3n) is 2.20. The fraction of sp³-hybridized carbons (Fsp3) is 0.364. The summed E-state index contributed by atoms with van der Waals surface area (Å²) < 4.78 is 78.3. The number of rotatable bonds is 3. The van der Waals surface area contributed by atoms with E-state index in [1.807, 2.05) is 0 Å². The first-order chi connectivity index (χ1) is 8.93. The minimum atomic E-state index is -5.29. The molecule has 0 bridgehead atoms. The van der Waals surface area contributed by atoms with Crippen LogP contribution < -0.4 is 4.74 Å². The molecule has 0 aromatic heterocycles. The highest BCUT2D eigenvalue weighted by atomic mass is 35.5. The van der Waals surface area contributed by atoms with Gasteiger partial charge in [0, 0.05) is 0 Å². The summed E-state index contributed by atoms with van der Waals surface area (Å²) in [7, 11) is 0. The molecule has 0 amide bonds. The Balaban J connectivity index is 3.47. The largest absolute Gasteiger partial charge is 0.573 e. The van der Waals surface area contributed by atoms with Crippen LogP contribution in [0.1, 0.15) is 23.4 Å². The van der Waals surface area contributed by atoms with E-state index in [4.69, 9.17) is 11.6 Å². The van der Waals surface area contributed by atoms with E-state index in [0.717, 1.165) is 19.1 Å². The van der Waals surface area contributed by atoms with E-state index >= 15 is 0 Å². The quantitative estimate of drug-likeness (QED) is 0.606. The van der Waals surface area contributed by atoms with E-state index < -0.39 is 40.6 Å². The summed E-state index contributed by atoms with van der Waals surface area (Å²) in [5.41, 5.74) is -2.50. The molecule has 0 saturated carbocycles. The lowest BCUT2D eigenvalue weighted by Gasteiger charge is -2.20. The highest BCUT2D eigenvalue weighted by Crippen LogP contribution is 2.43. The number of hydrogen-bond acceptors (Lipinski definition) is 2. The molecule has 0 spiro atoms. The smallest absolute Gasteiger partial charge is 0.405 e. The van der Waals surface area contributed by atoms with Crippen LogP contribution in [0.15, 0.2) is 18.2 Å². The normalized spacial score (nSPS) is 14.0. The van der Waals surface area contributed by atoms with E-state index in [0.29, 0.717) is 6.07 Å². The van der Waals surface area contributed by atoms with E-state index in [1.165, 1.54) is 0 Å². The van der Waals surface area contributed by atoms with Crippen LogP contribution in [-0.2, 0) is 11.0 Å². The van der Waals surface area contributed by atoms with Crippen LogP contribution in [0.2, 0.25) is 0 Å². The van der Waals surface area contributed by atoms with Crippen molar-refractivity contribution in [2.45, 2.75) is 24.8 Å². The van der Waals surface area contributed by atoms with E-state index in [9.17, 15) is 31.1 Å². The van der Waals surface area contributed by atoms with Gasteiger partial charge >= 0.3 is 12.5 Å². The maximum atomic E-state index is 12.9. The average Bonchev–Trinajstić information content (AvgIpc) is 2.23. The molecule has 1 unspecified atom stereocenters. The maximum Gasteiger partial charge on any atom is 0.573 e. The van der Waals surface area contributed by atoms with Gasteiger partial charge < -0.3 is 4.74 Å². The van der Waals surface area contributed by atoms with Gasteiger partial charge in [0.25, 0.3) is 0 Å². The van der Waals surface area contributed by atoms with Gasteiger partial charge in [0.05, 0.1) is 0 Å². The van der Waals surface area contributed by atoms with Gasteiger partial charge in [0.1, 0.15) is 16.7 Å². The van der Waals surface area contributed by atoms with Crippen molar-refractivity contribution in [1.29, 1.82) is 0 Å². The Kier molecular flexibility index (Phi) is 4.58. The number of carbonyl (C=O) groups excluding carboxylic acids is 1. The minimum Gasteiger partial charge on any atom is -0.405 e. The van der Waals surface area contributed by atoms with Gasteiger partial charge in [0.2, 0.25) is 0 Å². The average molecular weight is 321 g/mol. The molecular formula is C11H7ClF6O2. The van der Waals surface area contributed by atoms with Crippen LogP contribution in [0.4, 0.5) is 26.3 Å². The standard InChI is InChI=1S/C11H7ClF6O2/c1-5(19)9(12)6-3-2-4-7(20-11(16,17)18)8(6)10(13,14)15/h2-4,9H,1H3. The van der Waals surface area contributed by atoms with Crippen molar-refractivity contribution in [2.75, 3.05) is 0 Å². The summed E-state index contributed by atoms with van der Waals surface area (Å²) in [6.45, 7) is 0.926. The van der Waals surface area contributed by atoms with Crippen molar-refractivity contribution in [3.8, 4) is 5.75 Å². The number of ether oxygens (including phenoxy) is 1. The van der Waals surface area contributed by atoms with Gasteiger partial charge in [-0.05, 0) is 18.6 Å². The molecule has 0 aliphatic rings. The van der Waals surface area contributed by atoms with Gasteiger partial charge in [-0.2, -0.15) is 13.2 Å². The molecule has 1 atom stereocenters. The van der Waals surface area contributed by atoms with Crippen molar-refractivity contribution in [3.05, 3.63) is 29.3 Å². The van der Waals surface area contributed by atoms with Crippen molar-refractivity contribution in [2.24, 2.45) is 0 Å². The Morgan fingerprint density at radius 3 is 2.15 bits per heavy atom. The van der Waals surface area contributed by atoms with Crippen molar-refractivity contribution in [3.63, 3.8) is 0 Å². The zero-order valence-electron chi connectivity index (χ0n) is 9.77. The van der Waals surface area contributed by atoms with Gasteiger partial charge in [-0.25, -0.2) is 0 Å². The lowest BCUT2D eigenvalue weighted by Crippen LogP contribution is -2.22. The number of Topliss-reactive ketones (excluding diaryl/α,β-unsaturated/α-hetero) is 1. The second kappa shape index (κ2) is 5.51. The lowest BCUT2D eigenvalue weighted by molar-refractivity contribution is -0.276. The number of benzene rings is 1. The van der Waals surface area contributed by atoms with Crippen molar-refractivity contribution < 1.29 is 35.9 Å². The second-order valence-electron chi connectivity index (χ2n) is 3.74. The van der Waals surface area contributed by atoms with Gasteiger partial charge in [-0.1, -0.05) is 12.1 Å². The van der Waals surface area contributed by atoms with Crippen LogP contribution >= 0.6 is 11.6 Å². The highest BCUT2D eigenvalue weighted by Gasteiger charge is 2.42. The Morgan fingerprint density at radius 1 is 1.20 bits per heavy atom. The van der Waals surface area contributed by atoms with Gasteiger partial charge in [-0.3, -0.25) is 4.79 Å². The summed E-state index contributed by atoms with van der Waals surface area (Å²) in [4.78, 5) is 11.1. The van der Waals surface area contributed by atoms with Crippen LogP contribution in [0.25, 0.3) is 0 Å². The molecule has 0 N–H and O–H groups in total. The SMILES string of the molecule is CC(=O)C(Cl)c1cccc(OC(F)(F)F)c1C(F)(F)F. The number of halogens is 7. The Morgan fingerprint density at radius 2 is 1.75 bits per heavy atom.